The lowest BCUT2D eigenvalue weighted by atomic mass is 10.2. The molecule has 0 bridgehead atoms. The van der Waals surface area contributed by atoms with E-state index in [9.17, 15) is 9.18 Å². The van der Waals surface area contributed by atoms with Gasteiger partial charge in [0.25, 0.3) is 5.89 Å². The summed E-state index contributed by atoms with van der Waals surface area (Å²) >= 11 is 0. The normalized spacial score (nSPS) is 10.1. The van der Waals surface area contributed by atoms with Gasteiger partial charge >= 0.3 is 0 Å². The lowest BCUT2D eigenvalue weighted by Gasteiger charge is -1.93. The number of carbonyl (C=O) groups excluding carboxylic acids is 1. The highest BCUT2D eigenvalue weighted by molar-refractivity contribution is 5.69. The minimum atomic E-state index is -0.316. The Labute approximate surface area is 79.2 Å². The molecule has 0 aliphatic heterocycles. The van der Waals surface area contributed by atoms with E-state index in [0.29, 0.717) is 17.6 Å². The Hall–Kier alpha value is -1.97. The van der Waals surface area contributed by atoms with Gasteiger partial charge in [-0.3, -0.25) is 4.79 Å². The molecule has 2 aromatic rings. The molecule has 3 nitrogen and oxygen atoms in total. The summed E-state index contributed by atoms with van der Waals surface area (Å²) in [7, 11) is 0. The highest BCUT2D eigenvalue weighted by Crippen LogP contribution is 2.19. The maximum atomic E-state index is 12.6. The summed E-state index contributed by atoms with van der Waals surface area (Å²) in [6.45, 7) is 0. The van der Waals surface area contributed by atoms with E-state index in [1.54, 1.807) is 12.1 Å². The van der Waals surface area contributed by atoms with Crippen LogP contribution in [0.2, 0.25) is 0 Å². The maximum Gasteiger partial charge on any atom is 0.260 e. The van der Waals surface area contributed by atoms with Crippen molar-refractivity contribution in [2.75, 3.05) is 0 Å². The van der Waals surface area contributed by atoms with E-state index >= 15 is 0 Å². The van der Waals surface area contributed by atoms with Crippen molar-refractivity contribution >= 4 is 6.29 Å². The number of carbonyl (C=O) groups is 1. The van der Waals surface area contributed by atoms with Crippen LogP contribution in [-0.4, -0.2) is 11.3 Å². The van der Waals surface area contributed by atoms with E-state index < -0.39 is 0 Å². The van der Waals surface area contributed by atoms with Gasteiger partial charge in [-0.1, -0.05) is 0 Å². The summed E-state index contributed by atoms with van der Waals surface area (Å²) in [5.41, 5.74) is 0.687. The van der Waals surface area contributed by atoms with Gasteiger partial charge < -0.3 is 4.42 Å². The molecule has 4 heteroatoms. The lowest BCUT2D eigenvalue weighted by molar-refractivity contribution is 0.109. The molecule has 0 spiro atoms. The predicted octanol–water partition coefficient (Wildman–Crippen LogP) is 2.29. The quantitative estimate of drug-likeness (QED) is 0.684. The van der Waals surface area contributed by atoms with Gasteiger partial charge in [0, 0.05) is 5.56 Å². The zero-order valence-corrected chi connectivity index (χ0v) is 7.11. The van der Waals surface area contributed by atoms with Crippen LogP contribution in [0.25, 0.3) is 11.3 Å². The third-order valence-electron chi connectivity index (χ3n) is 1.75. The third kappa shape index (κ3) is 1.54. The monoisotopic (exact) mass is 191 g/mol. The summed E-state index contributed by atoms with van der Waals surface area (Å²) in [4.78, 5) is 14.0. The molecule has 2 rings (SSSR count). The fourth-order valence-corrected chi connectivity index (χ4v) is 1.09. The number of hydrogen-bond acceptors (Lipinski definition) is 3. The smallest absolute Gasteiger partial charge is 0.260 e. The number of benzene rings is 1. The highest BCUT2D eigenvalue weighted by Gasteiger charge is 2.04. The van der Waals surface area contributed by atoms with Gasteiger partial charge in [-0.05, 0) is 24.3 Å². The molecule has 14 heavy (non-hydrogen) atoms. The van der Waals surface area contributed by atoms with Crippen molar-refractivity contribution in [2.24, 2.45) is 0 Å². The van der Waals surface area contributed by atoms with Gasteiger partial charge in [-0.15, -0.1) is 0 Å². The standard InChI is InChI=1S/C10H6FNO2/c11-8-3-1-7(2-4-8)9-5-12-10(6-13)14-9/h1-6H. The number of hydrogen-bond donors (Lipinski definition) is 0. The number of aromatic nitrogens is 1. The molecule has 0 fully saturated rings. The minimum absolute atomic E-state index is 0.0179. The van der Waals surface area contributed by atoms with Crippen molar-refractivity contribution in [1.29, 1.82) is 0 Å². The Morgan fingerprint density at radius 3 is 2.57 bits per heavy atom. The van der Waals surface area contributed by atoms with Gasteiger partial charge in [0.15, 0.2) is 5.76 Å². The zero-order chi connectivity index (χ0) is 9.97. The molecule has 0 unspecified atom stereocenters. The van der Waals surface area contributed by atoms with Crippen molar-refractivity contribution in [3.05, 3.63) is 42.2 Å². The summed E-state index contributed by atoms with van der Waals surface area (Å²) in [6, 6.07) is 5.76. The largest absolute Gasteiger partial charge is 0.434 e. The molecular formula is C10H6FNO2. The van der Waals surface area contributed by atoms with Crippen LogP contribution in [0.4, 0.5) is 4.39 Å². The van der Waals surface area contributed by atoms with Crippen LogP contribution < -0.4 is 0 Å². The Morgan fingerprint density at radius 2 is 2.00 bits per heavy atom. The van der Waals surface area contributed by atoms with Gasteiger partial charge in [-0.25, -0.2) is 9.37 Å². The first kappa shape index (κ1) is 8.62. The van der Waals surface area contributed by atoms with Crippen molar-refractivity contribution in [3.8, 4) is 11.3 Å². The molecule has 1 aromatic carbocycles. The number of aldehydes is 1. The fourth-order valence-electron chi connectivity index (χ4n) is 1.09. The average Bonchev–Trinajstić information content (AvgIpc) is 2.67. The topological polar surface area (TPSA) is 43.1 Å². The number of nitrogens with zero attached hydrogens (tertiary/aromatic N) is 1. The first-order valence-corrected chi connectivity index (χ1v) is 3.96. The van der Waals surface area contributed by atoms with Crippen molar-refractivity contribution in [2.45, 2.75) is 0 Å². The molecule has 0 amide bonds. The number of oxazole rings is 1. The van der Waals surface area contributed by atoms with E-state index in [2.05, 4.69) is 4.98 Å². The van der Waals surface area contributed by atoms with Gasteiger partial charge in [0.1, 0.15) is 5.82 Å². The molecule has 0 atom stereocenters. The molecule has 0 N–H and O–H groups in total. The summed E-state index contributed by atoms with van der Waals surface area (Å²) in [6.07, 6.45) is 1.95. The van der Waals surface area contributed by atoms with Crippen molar-refractivity contribution in [1.82, 2.24) is 4.98 Å². The second-order valence-corrected chi connectivity index (χ2v) is 2.69. The zero-order valence-electron chi connectivity index (χ0n) is 7.11. The Morgan fingerprint density at radius 1 is 1.29 bits per heavy atom. The van der Waals surface area contributed by atoms with Crippen molar-refractivity contribution < 1.29 is 13.6 Å². The van der Waals surface area contributed by atoms with E-state index in [4.69, 9.17) is 4.42 Å². The lowest BCUT2D eigenvalue weighted by Crippen LogP contribution is -1.75. The van der Waals surface area contributed by atoms with Gasteiger partial charge in [0.2, 0.25) is 6.29 Å². The third-order valence-corrected chi connectivity index (χ3v) is 1.75. The van der Waals surface area contributed by atoms with Gasteiger partial charge in [0.05, 0.1) is 6.20 Å². The second kappa shape index (κ2) is 3.41. The highest BCUT2D eigenvalue weighted by atomic mass is 19.1. The Kier molecular flexibility index (Phi) is 2.10. The second-order valence-electron chi connectivity index (χ2n) is 2.69. The van der Waals surface area contributed by atoms with E-state index in [1.807, 2.05) is 0 Å². The van der Waals surface area contributed by atoms with Crippen LogP contribution >= 0.6 is 0 Å². The molecule has 0 saturated carbocycles. The van der Waals surface area contributed by atoms with Crippen molar-refractivity contribution in [3.63, 3.8) is 0 Å². The van der Waals surface area contributed by atoms with Gasteiger partial charge in [-0.2, -0.15) is 0 Å². The van der Waals surface area contributed by atoms with Crippen LogP contribution in [0.1, 0.15) is 10.7 Å². The SMILES string of the molecule is O=Cc1ncc(-c2ccc(F)cc2)o1. The van der Waals surface area contributed by atoms with Crippen LogP contribution in [0.15, 0.2) is 34.9 Å². The average molecular weight is 191 g/mol. The molecular weight excluding hydrogens is 185 g/mol. The molecule has 0 saturated heterocycles. The van der Waals surface area contributed by atoms with Crippen LogP contribution in [0.3, 0.4) is 0 Å². The summed E-state index contributed by atoms with van der Waals surface area (Å²) in [5.74, 6) is 0.153. The summed E-state index contributed by atoms with van der Waals surface area (Å²) < 4.78 is 17.6. The molecule has 0 aliphatic rings. The maximum absolute atomic E-state index is 12.6. The van der Waals surface area contributed by atoms with Crippen LogP contribution in [-0.2, 0) is 0 Å². The number of rotatable bonds is 2. The van der Waals surface area contributed by atoms with Crippen LogP contribution in [0.5, 0.6) is 0 Å². The Bertz CT molecular complexity index is 447. The fraction of sp³-hybridized carbons (Fsp3) is 0. The molecule has 70 valence electrons. The van der Waals surface area contributed by atoms with E-state index in [-0.39, 0.29) is 11.7 Å². The molecule has 1 aromatic heterocycles. The molecule has 0 aliphatic carbocycles. The molecule has 1 heterocycles. The first-order valence-electron chi connectivity index (χ1n) is 3.96. The predicted molar refractivity (Wildman–Crippen MR) is 47.3 cm³/mol. The molecule has 0 radical (unpaired) electrons. The summed E-state index contributed by atoms with van der Waals surface area (Å²) in [5, 5.41) is 0. The first-order chi connectivity index (χ1) is 6.79. The minimum Gasteiger partial charge on any atom is -0.434 e. The van der Waals surface area contributed by atoms with Crippen LogP contribution in [0, 0.1) is 5.82 Å². The van der Waals surface area contributed by atoms with E-state index in [0.717, 1.165) is 0 Å². The number of halogens is 1. The Balaban J connectivity index is 2.39. The van der Waals surface area contributed by atoms with E-state index in [1.165, 1.54) is 18.3 Å².